The van der Waals surface area contributed by atoms with E-state index in [1.807, 2.05) is 0 Å². The second-order valence-electron chi connectivity index (χ2n) is 6.45. The fourth-order valence-corrected chi connectivity index (χ4v) is 2.83. The van der Waals surface area contributed by atoms with Crippen molar-refractivity contribution in [3.63, 3.8) is 0 Å². The molecule has 0 unspecified atom stereocenters. The van der Waals surface area contributed by atoms with E-state index < -0.39 is 11.9 Å². The van der Waals surface area contributed by atoms with Crippen LogP contribution in [-0.4, -0.2) is 34.2 Å². The predicted molar refractivity (Wildman–Crippen MR) is 118 cm³/mol. The third-order valence-corrected chi connectivity index (χ3v) is 4.32. The zero-order valence-electron chi connectivity index (χ0n) is 16.9. The third-order valence-electron chi connectivity index (χ3n) is 4.32. The lowest BCUT2D eigenvalue weighted by molar-refractivity contribution is 0.102. The maximum Gasteiger partial charge on any atom is 0.326 e. The molecule has 0 fully saturated rings. The van der Waals surface area contributed by atoms with Crippen molar-refractivity contribution in [2.75, 3.05) is 23.1 Å². The molecule has 1 aromatic carbocycles. The molecule has 32 heavy (non-hydrogen) atoms. The monoisotopic (exact) mass is 430 g/mol. The lowest BCUT2D eigenvalue weighted by Gasteiger charge is -2.09. The Hall–Kier alpha value is -4.73. The molecular weight excluding hydrogens is 412 g/mol. The Morgan fingerprint density at radius 1 is 0.906 bits per heavy atom. The average Bonchev–Trinajstić information content (AvgIpc) is 3.24. The molecule has 3 amide bonds. The molecule has 0 saturated carbocycles. The molecule has 0 atom stereocenters. The van der Waals surface area contributed by atoms with Gasteiger partial charge in [0.25, 0.3) is 5.91 Å². The van der Waals surface area contributed by atoms with E-state index in [0.717, 1.165) is 0 Å². The van der Waals surface area contributed by atoms with Crippen molar-refractivity contribution in [1.29, 1.82) is 0 Å². The van der Waals surface area contributed by atoms with Crippen molar-refractivity contribution in [2.24, 2.45) is 0 Å². The molecule has 0 spiro atoms. The number of hydrogen-bond donors (Lipinski definition) is 3. The second kappa shape index (κ2) is 9.39. The van der Waals surface area contributed by atoms with Crippen LogP contribution in [0.15, 0.2) is 77.7 Å². The molecule has 160 valence electrons. The van der Waals surface area contributed by atoms with Crippen molar-refractivity contribution in [1.82, 2.24) is 15.1 Å². The highest BCUT2D eigenvalue weighted by atomic mass is 16.5. The first kappa shape index (κ1) is 20.5. The minimum absolute atomic E-state index is 0.0286. The number of hydrogen-bond acceptors (Lipinski definition) is 7. The number of amides is 3. The maximum absolute atomic E-state index is 13.1. The standard InChI is InChI=1S/C22H18N6O4/c1-31-16-9-7-14(8-10-16)25-20(29)18-19(17-6-2-3-12-24-17)28-32-21(18)27-22(30)26-15-5-4-11-23-13-15/h2-13H,1H3,(H,25,29)(H2,26,27,30). The van der Waals surface area contributed by atoms with Crippen LogP contribution in [-0.2, 0) is 0 Å². The maximum atomic E-state index is 13.1. The number of rotatable bonds is 6. The summed E-state index contributed by atoms with van der Waals surface area (Å²) in [6.45, 7) is 0. The molecule has 3 aromatic heterocycles. The largest absolute Gasteiger partial charge is 0.497 e. The Kier molecular flexibility index (Phi) is 6.03. The summed E-state index contributed by atoms with van der Waals surface area (Å²) in [5, 5.41) is 11.9. The molecule has 0 aliphatic rings. The Morgan fingerprint density at radius 2 is 1.75 bits per heavy atom. The number of nitrogens with one attached hydrogen (secondary N) is 3. The van der Waals surface area contributed by atoms with Crippen molar-refractivity contribution in [2.45, 2.75) is 0 Å². The van der Waals surface area contributed by atoms with Gasteiger partial charge in [-0.2, -0.15) is 0 Å². The van der Waals surface area contributed by atoms with Crippen LogP contribution in [0.2, 0.25) is 0 Å². The van der Waals surface area contributed by atoms with Gasteiger partial charge in [-0.05, 0) is 48.5 Å². The SMILES string of the molecule is COc1ccc(NC(=O)c2c(-c3ccccn3)noc2NC(=O)Nc2cccnc2)cc1. The van der Waals surface area contributed by atoms with Gasteiger partial charge in [0.05, 0.1) is 24.7 Å². The predicted octanol–water partition coefficient (Wildman–Crippen LogP) is 4.04. The molecule has 0 saturated heterocycles. The number of ether oxygens (including phenoxy) is 1. The number of carbonyl (C=O) groups is 2. The molecule has 10 heteroatoms. The molecular formula is C22H18N6O4. The first-order chi connectivity index (χ1) is 15.6. The summed E-state index contributed by atoms with van der Waals surface area (Å²) in [6.07, 6.45) is 4.63. The van der Waals surface area contributed by atoms with E-state index >= 15 is 0 Å². The van der Waals surface area contributed by atoms with E-state index in [1.165, 1.54) is 6.20 Å². The highest BCUT2D eigenvalue weighted by Crippen LogP contribution is 2.29. The van der Waals surface area contributed by atoms with Crippen LogP contribution in [0, 0.1) is 0 Å². The normalized spacial score (nSPS) is 10.3. The van der Waals surface area contributed by atoms with Gasteiger partial charge in [-0.25, -0.2) is 4.79 Å². The number of benzene rings is 1. The van der Waals surface area contributed by atoms with Crippen LogP contribution in [0.4, 0.5) is 22.1 Å². The lowest BCUT2D eigenvalue weighted by atomic mass is 10.1. The highest BCUT2D eigenvalue weighted by Gasteiger charge is 2.26. The Morgan fingerprint density at radius 3 is 2.44 bits per heavy atom. The molecule has 3 heterocycles. The zero-order chi connectivity index (χ0) is 22.3. The second-order valence-corrected chi connectivity index (χ2v) is 6.45. The summed E-state index contributed by atoms with van der Waals surface area (Å²) in [5.74, 6) is -0.0108. The van der Waals surface area contributed by atoms with Gasteiger partial charge < -0.3 is 19.9 Å². The van der Waals surface area contributed by atoms with Gasteiger partial charge in [0, 0.05) is 18.1 Å². The van der Waals surface area contributed by atoms with Gasteiger partial charge in [-0.15, -0.1) is 0 Å². The quantitative estimate of drug-likeness (QED) is 0.421. The van der Waals surface area contributed by atoms with Crippen molar-refractivity contribution in [3.8, 4) is 17.1 Å². The van der Waals surface area contributed by atoms with E-state index in [9.17, 15) is 9.59 Å². The van der Waals surface area contributed by atoms with Crippen molar-refractivity contribution in [3.05, 3.63) is 78.8 Å². The van der Waals surface area contributed by atoms with E-state index in [-0.39, 0.29) is 17.1 Å². The van der Waals surface area contributed by atoms with Crippen LogP contribution in [0.1, 0.15) is 10.4 Å². The Labute approximate surface area is 182 Å². The van der Waals surface area contributed by atoms with Crippen molar-refractivity contribution >= 4 is 29.2 Å². The number of carbonyl (C=O) groups excluding carboxylic acids is 2. The molecule has 0 bridgehead atoms. The van der Waals surface area contributed by atoms with Gasteiger partial charge in [-0.1, -0.05) is 11.2 Å². The summed E-state index contributed by atoms with van der Waals surface area (Å²) in [6, 6.07) is 14.7. The Bertz CT molecular complexity index is 1210. The summed E-state index contributed by atoms with van der Waals surface area (Å²) >= 11 is 0. The first-order valence-corrected chi connectivity index (χ1v) is 9.48. The van der Waals surface area contributed by atoms with E-state index in [1.54, 1.807) is 74.1 Å². The van der Waals surface area contributed by atoms with Gasteiger partial charge in [0.15, 0.2) is 0 Å². The topological polar surface area (TPSA) is 131 Å². The number of nitrogens with zero attached hydrogens (tertiary/aromatic N) is 3. The fourth-order valence-electron chi connectivity index (χ4n) is 2.83. The molecule has 3 N–H and O–H groups in total. The van der Waals surface area contributed by atoms with Crippen LogP contribution in [0.3, 0.4) is 0 Å². The number of pyridine rings is 2. The van der Waals surface area contributed by atoms with Gasteiger partial charge in [0.1, 0.15) is 17.0 Å². The first-order valence-electron chi connectivity index (χ1n) is 9.48. The summed E-state index contributed by atoms with van der Waals surface area (Å²) in [7, 11) is 1.55. The van der Waals surface area contributed by atoms with Crippen molar-refractivity contribution < 1.29 is 18.8 Å². The minimum atomic E-state index is -0.625. The molecule has 0 radical (unpaired) electrons. The summed E-state index contributed by atoms with van der Waals surface area (Å²) in [4.78, 5) is 33.7. The minimum Gasteiger partial charge on any atom is -0.497 e. The van der Waals surface area contributed by atoms with E-state index in [4.69, 9.17) is 9.26 Å². The average molecular weight is 430 g/mol. The lowest BCUT2D eigenvalue weighted by Crippen LogP contribution is -2.22. The third kappa shape index (κ3) is 4.70. The van der Waals surface area contributed by atoms with E-state index in [0.29, 0.717) is 22.8 Å². The van der Waals surface area contributed by atoms with Gasteiger partial charge in [-0.3, -0.25) is 20.1 Å². The number of urea groups is 1. The van der Waals surface area contributed by atoms with Crippen LogP contribution < -0.4 is 20.7 Å². The summed E-state index contributed by atoms with van der Waals surface area (Å²) < 4.78 is 10.4. The number of anilines is 3. The molecule has 4 aromatic rings. The van der Waals surface area contributed by atoms with Gasteiger partial charge in [0.2, 0.25) is 5.88 Å². The Balaban J connectivity index is 1.62. The number of methoxy groups -OCH3 is 1. The number of aromatic nitrogens is 3. The van der Waals surface area contributed by atoms with E-state index in [2.05, 4.69) is 31.1 Å². The zero-order valence-corrected chi connectivity index (χ0v) is 16.9. The molecule has 0 aliphatic carbocycles. The summed E-state index contributed by atoms with van der Waals surface area (Å²) in [5.41, 5.74) is 1.62. The van der Waals surface area contributed by atoms with Crippen LogP contribution in [0.5, 0.6) is 5.75 Å². The molecule has 10 nitrogen and oxygen atoms in total. The smallest absolute Gasteiger partial charge is 0.326 e. The molecule has 4 rings (SSSR count). The van der Waals surface area contributed by atoms with Crippen LogP contribution >= 0.6 is 0 Å². The van der Waals surface area contributed by atoms with Gasteiger partial charge >= 0.3 is 6.03 Å². The fraction of sp³-hybridized carbons (Fsp3) is 0.0455. The highest BCUT2D eigenvalue weighted by molar-refractivity contribution is 6.13. The van der Waals surface area contributed by atoms with Crippen LogP contribution in [0.25, 0.3) is 11.4 Å². The molecule has 0 aliphatic heterocycles.